The molecule has 0 radical (unpaired) electrons. The van der Waals surface area contributed by atoms with Crippen LogP contribution in [0.5, 0.6) is 0 Å². The molecule has 5 heteroatoms. The number of anilines is 1. The summed E-state index contributed by atoms with van der Waals surface area (Å²) < 4.78 is 4.62. The number of ether oxygens (including phenoxy) is 1. The van der Waals surface area contributed by atoms with Crippen LogP contribution in [0.25, 0.3) is 0 Å². The summed E-state index contributed by atoms with van der Waals surface area (Å²) in [6.45, 7) is 0.780. The standard InChI is InChI=1S/C17H20N2O2.ClH/c1-21-17(20)16(18)11-13-7-9-15(10-8-13)19-12-14-5-3-2-4-6-14;/h2-10,16,19H,11-12,18H2,1H3;1H. The van der Waals surface area contributed by atoms with Crippen LogP contribution in [-0.4, -0.2) is 19.1 Å². The van der Waals surface area contributed by atoms with Crippen molar-refractivity contribution in [2.75, 3.05) is 12.4 Å². The van der Waals surface area contributed by atoms with Crippen LogP contribution in [0.4, 0.5) is 5.69 Å². The van der Waals surface area contributed by atoms with Gasteiger partial charge < -0.3 is 15.8 Å². The van der Waals surface area contributed by atoms with Crippen molar-refractivity contribution in [1.29, 1.82) is 0 Å². The molecule has 4 nitrogen and oxygen atoms in total. The van der Waals surface area contributed by atoms with Crippen molar-refractivity contribution in [1.82, 2.24) is 0 Å². The number of nitrogens with two attached hydrogens (primary N) is 1. The van der Waals surface area contributed by atoms with Crippen molar-refractivity contribution in [2.24, 2.45) is 5.73 Å². The summed E-state index contributed by atoms with van der Waals surface area (Å²) in [5.41, 5.74) is 9.02. The number of hydrogen-bond acceptors (Lipinski definition) is 4. The molecule has 0 spiro atoms. The number of carbonyl (C=O) groups is 1. The Morgan fingerprint density at radius 1 is 1.09 bits per heavy atom. The molecule has 1 unspecified atom stereocenters. The van der Waals surface area contributed by atoms with Crippen LogP contribution >= 0.6 is 12.4 Å². The predicted molar refractivity (Wildman–Crippen MR) is 91.2 cm³/mol. The number of nitrogens with one attached hydrogen (secondary N) is 1. The summed E-state index contributed by atoms with van der Waals surface area (Å²) in [6, 6.07) is 17.5. The third-order valence-corrected chi connectivity index (χ3v) is 3.25. The van der Waals surface area contributed by atoms with Crippen molar-refractivity contribution in [3.05, 3.63) is 65.7 Å². The average molecular weight is 321 g/mol. The van der Waals surface area contributed by atoms with Crippen molar-refractivity contribution in [2.45, 2.75) is 19.0 Å². The highest BCUT2D eigenvalue weighted by atomic mass is 35.5. The molecule has 2 aromatic carbocycles. The Hall–Kier alpha value is -2.04. The average Bonchev–Trinajstić information content (AvgIpc) is 2.54. The van der Waals surface area contributed by atoms with E-state index in [4.69, 9.17) is 5.73 Å². The molecular formula is C17H21ClN2O2. The molecule has 0 amide bonds. The lowest BCUT2D eigenvalue weighted by atomic mass is 10.1. The highest BCUT2D eigenvalue weighted by molar-refractivity contribution is 5.85. The summed E-state index contributed by atoms with van der Waals surface area (Å²) in [6.07, 6.45) is 0.478. The van der Waals surface area contributed by atoms with Crippen molar-refractivity contribution < 1.29 is 9.53 Å². The van der Waals surface area contributed by atoms with Crippen molar-refractivity contribution in [3.8, 4) is 0 Å². The minimum absolute atomic E-state index is 0. The van der Waals surface area contributed by atoms with Gasteiger partial charge in [-0.3, -0.25) is 4.79 Å². The van der Waals surface area contributed by atoms with E-state index in [1.54, 1.807) is 0 Å². The molecule has 2 aromatic rings. The number of carbonyl (C=O) groups excluding carboxylic acids is 1. The fraction of sp³-hybridized carbons (Fsp3) is 0.235. The molecule has 0 aromatic heterocycles. The third-order valence-electron chi connectivity index (χ3n) is 3.25. The van der Waals surface area contributed by atoms with Crippen LogP contribution in [-0.2, 0) is 22.5 Å². The first-order valence-corrected chi connectivity index (χ1v) is 6.89. The lowest BCUT2D eigenvalue weighted by Gasteiger charge is -2.10. The van der Waals surface area contributed by atoms with Gasteiger partial charge in [0, 0.05) is 12.2 Å². The number of esters is 1. The highest BCUT2D eigenvalue weighted by Crippen LogP contribution is 2.12. The zero-order chi connectivity index (χ0) is 15.1. The SMILES string of the molecule is COC(=O)C(N)Cc1ccc(NCc2ccccc2)cc1.Cl. The van der Waals surface area contributed by atoms with Gasteiger partial charge in [0.05, 0.1) is 7.11 Å². The summed E-state index contributed by atoms with van der Waals surface area (Å²) in [4.78, 5) is 11.3. The Kier molecular flexibility index (Phi) is 7.43. The van der Waals surface area contributed by atoms with Gasteiger partial charge in [-0.15, -0.1) is 12.4 Å². The first-order chi connectivity index (χ1) is 10.2. The van der Waals surface area contributed by atoms with Crippen LogP contribution in [0, 0.1) is 0 Å². The van der Waals surface area contributed by atoms with Gasteiger partial charge in [0.1, 0.15) is 6.04 Å². The molecule has 0 bridgehead atoms. The quantitative estimate of drug-likeness (QED) is 0.803. The molecule has 0 aliphatic heterocycles. The number of halogens is 1. The maximum Gasteiger partial charge on any atom is 0.322 e. The molecular weight excluding hydrogens is 300 g/mol. The van der Waals surface area contributed by atoms with Gasteiger partial charge in [0.25, 0.3) is 0 Å². The molecule has 3 N–H and O–H groups in total. The zero-order valence-electron chi connectivity index (χ0n) is 12.5. The Morgan fingerprint density at radius 3 is 2.32 bits per heavy atom. The van der Waals surface area contributed by atoms with Crippen molar-refractivity contribution in [3.63, 3.8) is 0 Å². The van der Waals surface area contributed by atoms with E-state index in [0.29, 0.717) is 6.42 Å². The number of benzene rings is 2. The molecule has 22 heavy (non-hydrogen) atoms. The molecule has 0 saturated carbocycles. The molecule has 1 atom stereocenters. The second-order valence-corrected chi connectivity index (χ2v) is 4.87. The van der Waals surface area contributed by atoms with E-state index in [0.717, 1.165) is 17.8 Å². The molecule has 0 saturated heterocycles. The monoisotopic (exact) mass is 320 g/mol. The van der Waals surface area contributed by atoms with E-state index in [9.17, 15) is 4.79 Å². The molecule has 0 aliphatic rings. The molecule has 2 rings (SSSR count). The molecule has 118 valence electrons. The lowest BCUT2D eigenvalue weighted by molar-refractivity contribution is -0.142. The van der Waals surface area contributed by atoms with Gasteiger partial charge in [0.2, 0.25) is 0 Å². The first-order valence-electron chi connectivity index (χ1n) is 6.89. The second-order valence-electron chi connectivity index (χ2n) is 4.87. The number of hydrogen-bond donors (Lipinski definition) is 2. The summed E-state index contributed by atoms with van der Waals surface area (Å²) in [5.74, 6) is -0.388. The minimum Gasteiger partial charge on any atom is -0.468 e. The zero-order valence-corrected chi connectivity index (χ0v) is 13.3. The number of rotatable bonds is 6. The Bertz CT molecular complexity index is 573. The fourth-order valence-electron chi connectivity index (χ4n) is 2.05. The third kappa shape index (κ3) is 5.39. The van der Waals surface area contributed by atoms with E-state index in [2.05, 4.69) is 22.2 Å². The second kappa shape index (κ2) is 9.07. The van der Waals surface area contributed by atoms with Gasteiger partial charge in [-0.2, -0.15) is 0 Å². The fourth-order valence-corrected chi connectivity index (χ4v) is 2.05. The van der Waals surface area contributed by atoms with E-state index < -0.39 is 6.04 Å². The summed E-state index contributed by atoms with van der Waals surface area (Å²) >= 11 is 0. The topological polar surface area (TPSA) is 64.3 Å². The smallest absolute Gasteiger partial charge is 0.322 e. The van der Waals surface area contributed by atoms with E-state index >= 15 is 0 Å². The Morgan fingerprint density at radius 2 is 1.73 bits per heavy atom. The normalized spacial score (nSPS) is 11.2. The molecule has 0 aliphatic carbocycles. The maximum atomic E-state index is 11.3. The van der Waals surface area contributed by atoms with E-state index in [-0.39, 0.29) is 18.4 Å². The van der Waals surface area contributed by atoms with Gasteiger partial charge in [0.15, 0.2) is 0 Å². The van der Waals surface area contributed by atoms with Gasteiger partial charge >= 0.3 is 5.97 Å². The van der Waals surface area contributed by atoms with Crippen molar-refractivity contribution >= 4 is 24.1 Å². The molecule has 0 fully saturated rings. The Balaban J connectivity index is 0.00000242. The largest absolute Gasteiger partial charge is 0.468 e. The van der Waals surface area contributed by atoms with E-state index in [1.807, 2.05) is 42.5 Å². The Labute approximate surface area is 137 Å². The van der Waals surface area contributed by atoms with E-state index in [1.165, 1.54) is 12.7 Å². The summed E-state index contributed by atoms with van der Waals surface area (Å²) in [7, 11) is 1.35. The van der Waals surface area contributed by atoms with Crippen LogP contribution < -0.4 is 11.1 Å². The first kappa shape index (κ1) is 18.0. The number of methoxy groups -OCH3 is 1. The van der Waals surface area contributed by atoms with Gasteiger partial charge in [-0.1, -0.05) is 42.5 Å². The molecule has 0 heterocycles. The highest BCUT2D eigenvalue weighted by Gasteiger charge is 2.13. The van der Waals surface area contributed by atoms with Gasteiger partial charge in [-0.05, 0) is 29.7 Å². The minimum atomic E-state index is -0.613. The van der Waals surface area contributed by atoms with Crippen LogP contribution in [0.15, 0.2) is 54.6 Å². The maximum absolute atomic E-state index is 11.3. The van der Waals surface area contributed by atoms with Crippen LogP contribution in [0.2, 0.25) is 0 Å². The predicted octanol–water partition coefficient (Wildman–Crippen LogP) is 2.76. The lowest BCUT2D eigenvalue weighted by Crippen LogP contribution is -2.33. The van der Waals surface area contributed by atoms with Crippen LogP contribution in [0.1, 0.15) is 11.1 Å². The van der Waals surface area contributed by atoms with Gasteiger partial charge in [-0.25, -0.2) is 0 Å². The summed E-state index contributed by atoms with van der Waals surface area (Å²) in [5, 5.41) is 3.35. The van der Waals surface area contributed by atoms with Crippen LogP contribution in [0.3, 0.4) is 0 Å².